The lowest BCUT2D eigenvalue weighted by atomic mass is 9.79. The molecule has 3 nitrogen and oxygen atoms in total. The summed E-state index contributed by atoms with van der Waals surface area (Å²) in [5, 5.41) is 21.8. The predicted octanol–water partition coefficient (Wildman–Crippen LogP) is 1.43. The van der Waals surface area contributed by atoms with Gasteiger partial charge in [0.25, 0.3) is 0 Å². The molecule has 2 N–H and O–H groups in total. The lowest BCUT2D eigenvalue weighted by Gasteiger charge is -2.35. The highest BCUT2D eigenvalue weighted by Crippen LogP contribution is 2.31. The first-order chi connectivity index (χ1) is 6.56. The molecule has 0 aliphatic heterocycles. The minimum Gasteiger partial charge on any atom is -0.389 e. The van der Waals surface area contributed by atoms with Crippen LogP contribution in [0.4, 0.5) is 0 Å². The number of nitriles is 1. The van der Waals surface area contributed by atoms with Crippen LogP contribution in [0.2, 0.25) is 0 Å². The summed E-state index contributed by atoms with van der Waals surface area (Å²) in [7, 11) is 0. The molecule has 80 valence electrons. The van der Waals surface area contributed by atoms with Crippen molar-refractivity contribution in [3.8, 4) is 6.07 Å². The molecule has 14 heavy (non-hydrogen) atoms. The standard InChI is InChI=1S/C11H20N2O/c1-9-3-5-11(14,6-4-9)8-13-10(2)7-12/h9-10,13-14H,3-6,8H2,1-2H3. The molecule has 0 aromatic rings. The fourth-order valence-electron chi connectivity index (χ4n) is 1.86. The summed E-state index contributed by atoms with van der Waals surface area (Å²) in [4.78, 5) is 0. The van der Waals surface area contributed by atoms with Gasteiger partial charge in [-0.15, -0.1) is 0 Å². The highest BCUT2D eigenvalue weighted by Gasteiger charge is 2.31. The zero-order chi connectivity index (χ0) is 10.6. The maximum absolute atomic E-state index is 10.2. The molecule has 0 amide bonds. The smallest absolute Gasteiger partial charge is 0.0925 e. The van der Waals surface area contributed by atoms with E-state index in [2.05, 4.69) is 18.3 Å². The highest BCUT2D eigenvalue weighted by molar-refractivity contribution is 4.91. The van der Waals surface area contributed by atoms with Crippen LogP contribution >= 0.6 is 0 Å². The largest absolute Gasteiger partial charge is 0.389 e. The van der Waals surface area contributed by atoms with Gasteiger partial charge < -0.3 is 5.11 Å². The van der Waals surface area contributed by atoms with Gasteiger partial charge in [-0.2, -0.15) is 5.26 Å². The quantitative estimate of drug-likeness (QED) is 0.718. The van der Waals surface area contributed by atoms with Crippen molar-refractivity contribution in [2.24, 2.45) is 5.92 Å². The lowest BCUT2D eigenvalue weighted by molar-refractivity contribution is -0.00676. The van der Waals surface area contributed by atoms with Crippen LogP contribution in [0.1, 0.15) is 39.5 Å². The lowest BCUT2D eigenvalue weighted by Crippen LogP contribution is -2.45. The van der Waals surface area contributed by atoms with E-state index < -0.39 is 5.60 Å². The van der Waals surface area contributed by atoms with Gasteiger partial charge in [-0.25, -0.2) is 0 Å². The van der Waals surface area contributed by atoms with Crippen LogP contribution in [-0.2, 0) is 0 Å². The van der Waals surface area contributed by atoms with Gasteiger partial charge in [0.15, 0.2) is 0 Å². The second-order valence-electron chi connectivity index (χ2n) is 4.64. The van der Waals surface area contributed by atoms with E-state index in [1.54, 1.807) is 0 Å². The summed E-state index contributed by atoms with van der Waals surface area (Å²) in [6.45, 7) is 4.59. The molecule has 3 heteroatoms. The Morgan fingerprint density at radius 2 is 2.14 bits per heavy atom. The molecule has 0 spiro atoms. The van der Waals surface area contributed by atoms with E-state index in [1.807, 2.05) is 6.92 Å². The van der Waals surface area contributed by atoms with Crippen LogP contribution in [0, 0.1) is 17.2 Å². The fourth-order valence-corrected chi connectivity index (χ4v) is 1.86. The molecular weight excluding hydrogens is 176 g/mol. The first kappa shape index (κ1) is 11.5. The maximum atomic E-state index is 10.2. The topological polar surface area (TPSA) is 56.0 Å². The summed E-state index contributed by atoms with van der Waals surface area (Å²) >= 11 is 0. The van der Waals surface area contributed by atoms with Crippen LogP contribution in [0.25, 0.3) is 0 Å². The number of rotatable bonds is 3. The minimum absolute atomic E-state index is 0.168. The second-order valence-corrected chi connectivity index (χ2v) is 4.64. The summed E-state index contributed by atoms with van der Waals surface area (Å²) in [6.07, 6.45) is 3.91. The van der Waals surface area contributed by atoms with Crippen molar-refractivity contribution in [3.05, 3.63) is 0 Å². The minimum atomic E-state index is -0.572. The van der Waals surface area contributed by atoms with Crippen molar-refractivity contribution in [1.29, 1.82) is 5.26 Å². The van der Waals surface area contributed by atoms with Crippen LogP contribution in [0.5, 0.6) is 0 Å². The van der Waals surface area contributed by atoms with Crippen LogP contribution in [-0.4, -0.2) is 23.3 Å². The molecule has 1 unspecified atom stereocenters. The van der Waals surface area contributed by atoms with Gasteiger partial charge >= 0.3 is 0 Å². The average molecular weight is 196 g/mol. The second kappa shape index (κ2) is 4.77. The van der Waals surface area contributed by atoms with Crippen molar-refractivity contribution in [1.82, 2.24) is 5.32 Å². The predicted molar refractivity (Wildman–Crippen MR) is 55.7 cm³/mol. The van der Waals surface area contributed by atoms with Crippen molar-refractivity contribution < 1.29 is 5.11 Å². The van der Waals surface area contributed by atoms with Crippen molar-refractivity contribution in [2.75, 3.05) is 6.54 Å². The van der Waals surface area contributed by atoms with E-state index in [4.69, 9.17) is 5.26 Å². The van der Waals surface area contributed by atoms with E-state index in [0.717, 1.165) is 31.6 Å². The third-order valence-corrected chi connectivity index (χ3v) is 3.14. The molecule has 0 bridgehead atoms. The SMILES string of the molecule is CC1CCC(O)(CNC(C)C#N)CC1. The number of aliphatic hydroxyl groups is 1. The molecule has 0 heterocycles. The summed E-state index contributed by atoms with van der Waals surface area (Å²) in [5.74, 6) is 0.740. The van der Waals surface area contributed by atoms with Crippen LogP contribution in [0.15, 0.2) is 0 Å². The van der Waals surface area contributed by atoms with Gasteiger partial charge in [-0.1, -0.05) is 6.92 Å². The Labute approximate surface area is 86.1 Å². The van der Waals surface area contributed by atoms with Gasteiger partial charge in [0.2, 0.25) is 0 Å². The van der Waals surface area contributed by atoms with Gasteiger partial charge in [0.05, 0.1) is 17.7 Å². The monoisotopic (exact) mass is 196 g/mol. The third-order valence-electron chi connectivity index (χ3n) is 3.14. The molecular formula is C11H20N2O. The van der Waals surface area contributed by atoms with Gasteiger partial charge in [-0.05, 0) is 38.5 Å². The fraction of sp³-hybridized carbons (Fsp3) is 0.909. The zero-order valence-electron chi connectivity index (χ0n) is 9.08. The molecule has 1 aliphatic rings. The van der Waals surface area contributed by atoms with Crippen LogP contribution in [0.3, 0.4) is 0 Å². The van der Waals surface area contributed by atoms with Gasteiger partial charge in [-0.3, -0.25) is 5.32 Å². The molecule has 1 aliphatic carbocycles. The molecule has 0 aromatic heterocycles. The molecule has 1 atom stereocenters. The maximum Gasteiger partial charge on any atom is 0.0925 e. The third kappa shape index (κ3) is 3.28. The van der Waals surface area contributed by atoms with Crippen molar-refractivity contribution >= 4 is 0 Å². The van der Waals surface area contributed by atoms with Crippen LogP contribution < -0.4 is 5.32 Å². The Balaban J connectivity index is 2.32. The van der Waals surface area contributed by atoms with E-state index in [-0.39, 0.29) is 6.04 Å². The number of hydrogen-bond acceptors (Lipinski definition) is 3. The summed E-state index contributed by atoms with van der Waals surface area (Å²) in [6, 6.07) is 1.94. The molecule has 0 aromatic carbocycles. The molecule has 1 saturated carbocycles. The molecule has 0 radical (unpaired) electrons. The Kier molecular flexibility index (Phi) is 3.91. The van der Waals surface area contributed by atoms with Gasteiger partial charge in [0, 0.05) is 6.54 Å². The molecule has 0 saturated heterocycles. The Hall–Kier alpha value is -0.590. The Morgan fingerprint density at radius 1 is 1.57 bits per heavy atom. The average Bonchev–Trinajstić information content (AvgIpc) is 2.20. The highest BCUT2D eigenvalue weighted by atomic mass is 16.3. The number of nitrogens with zero attached hydrogens (tertiary/aromatic N) is 1. The summed E-state index contributed by atoms with van der Waals surface area (Å²) in [5.41, 5.74) is -0.572. The first-order valence-electron chi connectivity index (χ1n) is 5.41. The van der Waals surface area contributed by atoms with E-state index in [0.29, 0.717) is 6.54 Å². The molecule has 1 fully saturated rings. The van der Waals surface area contributed by atoms with E-state index >= 15 is 0 Å². The summed E-state index contributed by atoms with van der Waals surface area (Å²) < 4.78 is 0. The zero-order valence-corrected chi connectivity index (χ0v) is 9.08. The van der Waals surface area contributed by atoms with Crippen molar-refractivity contribution in [3.63, 3.8) is 0 Å². The number of nitrogens with one attached hydrogen (secondary N) is 1. The van der Waals surface area contributed by atoms with Crippen molar-refractivity contribution in [2.45, 2.75) is 51.2 Å². The van der Waals surface area contributed by atoms with Gasteiger partial charge in [0.1, 0.15) is 0 Å². The van der Waals surface area contributed by atoms with E-state index in [9.17, 15) is 5.11 Å². The first-order valence-corrected chi connectivity index (χ1v) is 5.41. The Morgan fingerprint density at radius 3 is 2.64 bits per heavy atom. The Bertz CT molecular complexity index is 214. The number of hydrogen-bond donors (Lipinski definition) is 2. The van der Waals surface area contributed by atoms with E-state index in [1.165, 1.54) is 0 Å². The normalized spacial score (nSPS) is 34.9. The molecule has 1 rings (SSSR count).